The highest BCUT2D eigenvalue weighted by atomic mass is 14.7. The van der Waals surface area contributed by atoms with Gasteiger partial charge in [-0.15, -0.1) is 0 Å². The maximum absolute atomic E-state index is 4.90. The molecule has 22 heavy (non-hydrogen) atoms. The molecule has 0 fully saturated rings. The monoisotopic (exact) mass is 282 g/mol. The summed E-state index contributed by atoms with van der Waals surface area (Å²) in [5.74, 6) is 0. The minimum absolute atomic E-state index is 1.01. The molecule has 0 aliphatic rings. The number of rotatable bonds is 2. The smallest absolute Gasteiger partial charge is 0.0788 e. The molecule has 0 amide bonds. The Kier molecular flexibility index (Phi) is 3.13. The summed E-state index contributed by atoms with van der Waals surface area (Å²) in [6.07, 6.45) is 3.64. The normalized spacial score (nSPS) is 10.7. The van der Waals surface area contributed by atoms with E-state index < -0.39 is 0 Å². The van der Waals surface area contributed by atoms with Crippen molar-refractivity contribution in [2.45, 2.75) is 0 Å². The molecule has 2 heterocycles. The van der Waals surface area contributed by atoms with Crippen LogP contribution in [0, 0.1) is 0 Å². The van der Waals surface area contributed by atoms with Crippen LogP contribution in [-0.2, 0) is 0 Å². The van der Waals surface area contributed by atoms with Gasteiger partial charge in [0.1, 0.15) is 0 Å². The van der Waals surface area contributed by atoms with E-state index in [0.29, 0.717) is 0 Å². The van der Waals surface area contributed by atoms with Crippen molar-refractivity contribution < 1.29 is 0 Å². The summed E-state index contributed by atoms with van der Waals surface area (Å²) in [6, 6.07) is 24.8. The van der Waals surface area contributed by atoms with Gasteiger partial charge < -0.3 is 0 Å². The summed E-state index contributed by atoms with van der Waals surface area (Å²) < 4.78 is 0. The predicted molar refractivity (Wildman–Crippen MR) is 90.4 cm³/mol. The average molecular weight is 282 g/mol. The SMILES string of the molecule is c1ccc(-c2nc3ccccc3cc2-c2ccncc2)cc1. The molecule has 0 aliphatic heterocycles. The molecule has 0 saturated carbocycles. The van der Waals surface area contributed by atoms with E-state index in [0.717, 1.165) is 33.3 Å². The lowest BCUT2D eigenvalue weighted by Gasteiger charge is -2.11. The fourth-order valence-electron chi connectivity index (χ4n) is 2.68. The second kappa shape index (κ2) is 5.41. The largest absolute Gasteiger partial charge is 0.265 e. The Morgan fingerprint density at radius 3 is 2.18 bits per heavy atom. The van der Waals surface area contributed by atoms with Crippen LogP contribution in [0.4, 0.5) is 0 Å². The summed E-state index contributed by atoms with van der Waals surface area (Å²) in [7, 11) is 0. The lowest BCUT2D eigenvalue weighted by Crippen LogP contribution is -1.91. The Hall–Kier alpha value is -3.00. The molecular formula is C20H14N2. The van der Waals surface area contributed by atoms with Crippen LogP contribution in [-0.4, -0.2) is 9.97 Å². The van der Waals surface area contributed by atoms with E-state index in [2.05, 4.69) is 35.3 Å². The highest BCUT2D eigenvalue weighted by molar-refractivity contribution is 5.91. The van der Waals surface area contributed by atoms with Gasteiger partial charge in [-0.25, -0.2) is 4.98 Å². The van der Waals surface area contributed by atoms with Crippen LogP contribution in [0.3, 0.4) is 0 Å². The third kappa shape index (κ3) is 2.25. The van der Waals surface area contributed by atoms with E-state index in [9.17, 15) is 0 Å². The third-order valence-corrected chi connectivity index (χ3v) is 3.76. The molecule has 0 atom stereocenters. The molecule has 2 aromatic carbocycles. The Morgan fingerprint density at radius 1 is 0.636 bits per heavy atom. The molecule has 0 radical (unpaired) electrons. The standard InChI is InChI=1S/C20H14N2/c1-2-6-16(7-3-1)20-18(15-10-12-21-13-11-15)14-17-8-4-5-9-19(17)22-20/h1-14H. The molecule has 0 N–H and O–H groups in total. The van der Waals surface area contributed by atoms with Gasteiger partial charge in [0.2, 0.25) is 0 Å². The number of fused-ring (bicyclic) bond motifs is 1. The average Bonchev–Trinajstić information content (AvgIpc) is 2.62. The molecule has 104 valence electrons. The van der Waals surface area contributed by atoms with E-state index in [4.69, 9.17) is 4.98 Å². The number of para-hydroxylation sites is 1. The van der Waals surface area contributed by atoms with Crippen molar-refractivity contribution in [1.29, 1.82) is 0 Å². The van der Waals surface area contributed by atoms with Gasteiger partial charge >= 0.3 is 0 Å². The zero-order valence-corrected chi connectivity index (χ0v) is 12.0. The van der Waals surface area contributed by atoms with Crippen LogP contribution in [0.1, 0.15) is 0 Å². The third-order valence-electron chi connectivity index (χ3n) is 3.76. The molecule has 0 bridgehead atoms. The molecule has 4 aromatic rings. The summed E-state index contributed by atoms with van der Waals surface area (Å²) in [5.41, 5.74) is 5.41. The van der Waals surface area contributed by atoms with Crippen LogP contribution in [0.2, 0.25) is 0 Å². The maximum Gasteiger partial charge on any atom is 0.0788 e. The van der Waals surface area contributed by atoms with Crippen molar-refractivity contribution in [3.05, 3.63) is 85.2 Å². The van der Waals surface area contributed by atoms with Crippen LogP contribution in [0.15, 0.2) is 85.2 Å². The summed E-state index contributed by atoms with van der Waals surface area (Å²) >= 11 is 0. The van der Waals surface area contributed by atoms with Crippen molar-refractivity contribution in [1.82, 2.24) is 9.97 Å². The van der Waals surface area contributed by atoms with Crippen LogP contribution in [0.25, 0.3) is 33.3 Å². The first-order valence-corrected chi connectivity index (χ1v) is 7.27. The summed E-state index contributed by atoms with van der Waals surface area (Å²) in [4.78, 5) is 9.02. The Balaban J connectivity index is 2.04. The van der Waals surface area contributed by atoms with Gasteiger partial charge in [-0.2, -0.15) is 0 Å². The van der Waals surface area contributed by atoms with Crippen LogP contribution < -0.4 is 0 Å². The van der Waals surface area contributed by atoms with E-state index in [1.165, 1.54) is 0 Å². The van der Waals surface area contributed by atoms with Crippen molar-refractivity contribution in [3.63, 3.8) is 0 Å². The Labute approximate surface area is 129 Å². The fourth-order valence-corrected chi connectivity index (χ4v) is 2.68. The minimum atomic E-state index is 1.01. The number of hydrogen-bond acceptors (Lipinski definition) is 2. The van der Waals surface area contributed by atoms with Crippen LogP contribution in [0.5, 0.6) is 0 Å². The molecule has 2 heteroatoms. The van der Waals surface area contributed by atoms with Crippen molar-refractivity contribution in [2.75, 3.05) is 0 Å². The second-order valence-electron chi connectivity index (χ2n) is 5.18. The lowest BCUT2D eigenvalue weighted by molar-refractivity contribution is 1.32. The molecule has 2 aromatic heterocycles. The first-order valence-electron chi connectivity index (χ1n) is 7.27. The highest BCUT2D eigenvalue weighted by Gasteiger charge is 2.10. The lowest BCUT2D eigenvalue weighted by atomic mass is 9.98. The maximum atomic E-state index is 4.90. The number of aromatic nitrogens is 2. The van der Waals surface area contributed by atoms with Crippen molar-refractivity contribution in [2.24, 2.45) is 0 Å². The Morgan fingerprint density at radius 2 is 1.36 bits per heavy atom. The fraction of sp³-hybridized carbons (Fsp3) is 0. The van der Waals surface area contributed by atoms with Gasteiger partial charge in [0.05, 0.1) is 11.2 Å². The molecule has 0 saturated heterocycles. The molecule has 0 unspecified atom stereocenters. The highest BCUT2D eigenvalue weighted by Crippen LogP contribution is 2.32. The van der Waals surface area contributed by atoms with Gasteiger partial charge in [0.25, 0.3) is 0 Å². The topological polar surface area (TPSA) is 25.8 Å². The zero-order valence-electron chi connectivity index (χ0n) is 12.0. The van der Waals surface area contributed by atoms with E-state index >= 15 is 0 Å². The minimum Gasteiger partial charge on any atom is -0.265 e. The first kappa shape index (κ1) is 12.7. The van der Waals surface area contributed by atoms with E-state index in [1.807, 2.05) is 54.9 Å². The first-order chi connectivity index (χ1) is 10.9. The Bertz CT molecular complexity index is 838. The molecule has 0 aliphatic carbocycles. The van der Waals surface area contributed by atoms with E-state index in [-0.39, 0.29) is 0 Å². The van der Waals surface area contributed by atoms with Gasteiger partial charge in [-0.1, -0.05) is 48.5 Å². The van der Waals surface area contributed by atoms with Crippen molar-refractivity contribution >= 4 is 10.9 Å². The quantitative estimate of drug-likeness (QED) is 0.519. The molecule has 4 rings (SSSR count). The van der Waals surface area contributed by atoms with Crippen molar-refractivity contribution in [3.8, 4) is 22.4 Å². The molecule has 2 nitrogen and oxygen atoms in total. The molecule has 0 spiro atoms. The van der Waals surface area contributed by atoms with Gasteiger partial charge in [0, 0.05) is 28.9 Å². The predicted octanol–water partition coefficient (Wildman–Crippen LogP) is 4.96. The number of nitrogens with zero attached hydrogens (tertiary/aromatic N) is 2. The zero-order chi connectivity index (χ0) is 14.8. The number of pyridine rings is 2. The van der Waals surface area contributed by atoms with Gasteiger partial charge in [-0.3, -0.25) is 4.98 Å². The van der Waals surface area contributed by atoms with Gasteiger partial charge in [-0.05, 0) is 29.8 Å². The molecular weight excluding hydrogens is 268 g/mol. The van der Waals surface area contributed by atoms with E-state index in [1.54, 1.807) is 0 Å². The van der Waals surface area contributed by atoms with Gasteiger partial charge in [0.15, 0.2) is 0 Å². The summed E-state index contributed by atoms with van der Waals surface area (Å²) in [6.45, 7) is 0. The second-order valence-corrected chi connectivity index (χ2v) is 5.18. The number of hydrogen-bond donors (Lipinski definition) is 0. The van der Waals surface area contributed by atoms with Crippen LogP contribution >= 0.6 is 0 Å². The summed E-state index contributed by atoms with van der Waals surface area (Å²) in [5, 5.41) is 1.15. The number of benzene rings is 2.